The molecule has 1 spiro atoms. The molecule has 1 aliphatic carbocycles. The van der Waals surface area contributed by atoms with Crippen LogP contribution < -0.4 is 4.90 Å². The summed E-state index contributed by atoms with van der Waals surface area (Å²) in [6, 6.07) is 5.21. The first kappa shape index (κ1) is 16.1. The Hall–Kier alpha value is -1.81. The predicted molar refractivity (Wildman–Crippen MR) is 83.2 cm³/mol. The minimum atomic E-state index is -1.06. The maximum Gasteiger partial charge on any atom is 0.417 e. The Morgan fingerprint density at radius 3 is 2.87 bits per heavy atom. The lowest BCUT2D eigenvalue weighted by Crippen LogP contribution is -2.51. The molecule has 1 amide bonds. The zero-order valence-electron chi connectivity index (χ0n) is 12.9. The van der Waals surface area contributed by atoms with Gasteiger partial charge in [0.15, 0.2) is 11.8 Å². The average molecular weight is 337 g/mol. The molecule has 3 rings (SSSR count). The molecule has 2 aliphatic rings. The van der Waals surface area contributed by atoms with Crippen molar-refractivity contribution >= 4 is 23.4 Å². The SMILES string of the molecule is CO[C@H]1N(c2ccc(C#N)c(Cl)c2C)C(=O)OC12CCC[C@@H]2O. The van der Waals surface area contributed by atoms with Crippen LogP contribution in [0.2, 0.25) is 5.02 Å². The number of rotatable bonds is 2. The van der Waals surface area contributed by atoms with Gasteiger partial charge in [-0.1, -0.05) is 11.6 Å². The first-order chi connectivity index (χ1) is 11.0. The molecule has 122 valence electrons. The Morgan fingerprint density at radius 2 is 2.30 bits per heavy atom. The Bertz CT molecular complexity index is 702. The van der Waals surface area contributed by atoms with E-state index in [4.69, 9.17) is 26.3 Å². The third-order valence-electron chi connectivity index (χ3n) is 4.70. The van der Waals surface area contributed by atoms with Gasteiger partial charge in [0, 0.05) is 7.11 Å². The van der Waals surface area contributed by atoms with Gasteiger partial charge >= 0.3 is 6.09 Å². The number of halogens is 1. The topological polar surface area (TPSA) is 82.8 Å². The molecule has 1 N–H and O–H groups in total. The second kappa shape index (κ2) is 5.68. The standard InChI is InChI=1S/C16H17ClN2O4/c1-9-11(6-5-10(8-18)13(9)17)19-14(22-2)16(23-15(19)21)7-3-4-12(16)20/h5-6,12,14,20H,3-4,7H2,1-2H3/t12-,14+,16?/m0/s1. The van der Waals surface area contributed by atoms with Crippen molar-refractivity contribution in [2.75, 3.05) is 12.0 Å². The van der Waals surface area contributed by atoms with Crippen molar-refractivity contribution in [3.63, 3.8) is 0 Å². The number of hydrogen-bond donors (Lipinski definition) is 1. The quantitative estimate of drug-likeness (QED) is 0.897. The molecule has 1 aliphatic heterocycles. The zero-order valence-corrected chi connectivity index (χ0v) is 13.6. The first-order valence-electron chi connectivity index (χ1n) is 7.38. The molecule has 6 nitrogen and oxygen atoms in total. The summed E-state index contributed by atoms with van der Waals surface area (Å²) in [7, 11) is 1.48. The van der Waals surface area contributed by atoms with Crippen LogP contribution >= 0.6 is 11.6 Å². The number of anilines is 1. The lowest BCUT2D eigenvalue weighted by Gasteiger charge is -2.33. The molecule has 23 heavy (non-hydrogen) atoms. The molecule has 1 heterocycles. The second-order valence-electron chi connectivity index (χ2n) is 5.87. The number of methoxy groups -OCH3 is 1. The summed E-state index contributed by atoms with van der Waals surface area (Å²) >= 11 is 6.20. The molecule has 1 saturated carbocycles. The number of aliphatic hydroxyl groups is 1. The van der Waals surface area contributed by atoms with Crippen LogP contribution in [-0.4, -0.2) is 36.2 Å². The molecule has 2 fully saturated rings. The Balaban J connectivity index is 2.08. The van der Waals surface area contributed by atoms with E-state index in [1.807, 2.05) is 6.07 Å². The number of ether oxygens (including phenoxy) is 2. The largest absolute Gasteiger partial charge is 0.435 e. The highest BCUT2D eigenvalue weighted by atomic mass is 35.5. The van der Waals surface area contributed by atoms with E-state index in [1.54, 1.807) is 19.1 Å². The van der Waals surface area contributed by atoms with E-state index in [0.717, 1.165) is 6.42 Å². The molecule has 1 saturated heterocycles. The first-order valence-corrected chi connectivity index (χ1v) is 7.76. The van der Waals surface area contributed by atoms with Crippen molar-refractivity contribution in [2.24, 2.45) is 0 Å². The van der Waals surface area contributed by atoms with Crippen LogP contribution in [0.3, 0.4) is 0 Å². The van der Waals surface area contributed by atoms with Crippen LogP contribution in [0.15, 0.2) is 12.1 Å². The van der Waals surface area contributed by atoms with Gasteiger partial charge in [0.2, 0.25) is 0 Å². The fourth-order valence-corrected chi connectivity index (χ4v) is 3.72. The van der Waals surface area contributed by atoms with Crippen LogP contribution in [0.25, 0.3) is 0 Å². The smallest absolute Gasteiger partial charge is 0.417 e. The lowest BCUT2D eigenvalue weighted by atomic mass is 9.96. The normalized spacial score (nSPS) is 29.9. The monoisotopic (exact) mass is 336 g/mol. The van der Waals surface area contributed by atoms with Crippen molar-refractivity contribution in [3.8, 4) is 6.07 Å². The third-order valence-corrected chi connectivity index (χ3v) is 5.18. The third kappa shape index (κ3) is 2.19. The number of carbonyl (C=O) groups is 1. The summed E-state index contributed by atoms with van der Waals surface area (Å²) in [5.41, 5.74) is 0.389. The summed E-state index contributed by atoms with van der Waals surface area (Å²) in [6.45, 7) is 1.73. The highest BCUT2D eigenvalue weighted by Gasteiger charge is 2.61. The molecule has 0 radical (unpaired) electrons. The number of aliphatic hydroxyl groups excluding tert-OH is 1. The van der Waals surface area contributed by atoms with E-state index >= 15 is 0 Å². The summed E-state index contributed by atoms with van der Waals surface area (Å²) in [5.74, 6) is 0. The molecule has 1 aromatic rings. The van der Waals surface area contributed by atoms with Gasteiger partial charge in [0.25, 0.3) is 0 Å². The highest BCUT2D eigenvalue weighted by molar-refractivity contribution is 6.33. The zero-order chi connectivity index (χ0) is 16.8. The van der Waals surface area contributed by atoms with Gasteiger partial charge in [-0.05, 0) is 43.9 Å². The lowest BCUT2D eigenvalue weighted by molar-refractivity contribution is -0.107. The molecule has 3 atom stereocenters. The minimum Gasteiger partial charge on any atom is -0.435 e. The summed E-state index contributed by atoms with van der Waals surface area (Å²) in [4.78, 5) is 13.8. The van der Waals surface area contributed by atoms with E-state index in [1.165, 1.54) is 12.0 Å². The van der Waals surface area contributed by atoms with Gasteiger partial charge in [-0.25, -0.2) is 9.69 Å². The Kier molecular flexibility index (Phi) is 3.96. The number of amides is 1. The van der Waals surface area contributed by atoms with Crippen LogP contribution in [0.4, 0.5) is 10.5 Å². The van der Waals surface area contributed by atoms with E-state index < -0.39 is 24.0 Å². The van der Waals surface area contributed by atoms with Gasteiger partial charge in [0.1, 0.15) is 6.07 Å². The number of carbonyl (C=O) groups excluding carboxylic acids is 1. The van der Waals surface area contributed by atoms with Crippen molar-refractivity contribution in [1.29, 1.82) is 5.26 Å². The van der Waals surface area contributed by atoms with E-state index in [9.17, 15) is 9.90 Å². The molecule has 0 bridgehead atoms. The number of nitriles is 1. The van der Waals surface area contributed by atoms with Gasteiger partial charge in [-0.15, -0.1) is 0 Å². The second-order valence-corrected chi connectivity index (χ2v) is 6.25. The van der Waals surface area contributed by atoms with Crippen molar-refractivity contribution in [2.45, 2.75) is 44.1 Å². The average Bonchev–Trinajstić information content (AvgIpc) is 3.03. The molecule has 1 unspecified atom stereocenters. The van der Waals surface area contributed by atoms with Crippen LogP contribution in [0, 0.1) is 18.3 Å². The molecule has 1 aromatic carbocycles. The maximum absolute atomic E-state index is 12.5. The van der Waals surface area contributed by atoms with Crippen LogP contribution in [0.1, 0.15) is 30.4 Å². The Morgan fingerprint density at radius 1 is 1.57 bits per heavy atom. The van der Waals surface area contributed by atoms with Crippen molar-refractivity contribution < 1.29 is 19.4 Å². The molecular weight excluding hydrogens is 320 g/mol. The van der Waals surface area contributed by atoms with Gasteiger partial charge in [0.05, 0.1) is 22.4 Å². The van der Waals surface area contributed by atoms with Crippen LogP contribution in [-0.2, 0) is 9.47 Å². The van der Waals surface area contributed by atoms with Crippen molar-refractivity contribution in [1.82, 2.24) is 0 Å². The fraction of sp³-hybridized carbons (Fsp3) is 0.500. The summed E-state index contributed by atoms with van der Waals surface area (Å²) in [5, 5.41) is 19.7. The molecule has 0 aromatic heterocycles. The maximum atomic E-state index is 12.5. The van der Waals surface area contributed by atoms with E-state index in [0.29, 0.717) is 34.7 Å². The van der Waals surface area contributed by atoms with E-state index in [2.05, 4.69) is 0 Å². The number of hydrogen-bond acceptors (Lipinski definition) is 5. The van der Waals surface area contributed by atoms with Crippen molar-refractivity contribution in [3.05, 3.63) is 28.3 Å². The van der Waals surface area contributed by atoms with Crippen LogP contribution in [0.5, 0.6) is 0 Å². The fourth-order valence-electron chi connectivity index (χ4n) is 3.52. The number of benzene rings is 1. The summed E-state index contributed by atoms with van der Waals surface area (Å²) in [6.07, 6.45) is -0.228. The molecule has 7 heteroatoms. The Labute approximate surface area is 139 Å². The highest BCUT2D eigenvalue weighted by Crippen LogP contribution is 2.46. The number of nitrogens with zero attached hydrogens (tertiary/aromatic N) is 2. The predicted octanol–water partition coefficient (Wildman–Crippen LogP) is 2.73. The van der Waals surface area contributed by atoms with Gasteiger partial charge < -0.3 is 14.6 Å². The van der Waals surface area contributed by atoms with Gasteiger partial charge in [-0.2, -0.15) is 5.26 Å². The minimum absolute atomic E-state index is 0.292. The summed E-state index contributed by atoms with van der Waals surface area (Å²) < 4.78 is 11.1. The van der Waals surface area contributed by atoms with E-state index in [-0.39, 0.29) is 0 Å². The molecular formula is C16H17ClN2O4. The van der Waals surface area contributed by atoms with Gasteiger partial charge in [-0.3, -0.25) is 0 Å².